The van der Waals surface area contributed by atoms with Gasteiger partial charge in [0, 0.05) is 20.9 Å². The fourth-order valence-corrected chi connectivity index (χ4v) is 20.7. The molecule has 0 atom stereocenters. The standard InChI is InChI=1S/C57H68P2/c1-40-16-20-54(44(5)30-40)48-34-49(55-21-17-41(2)31-45(55)6)37-52(36-48)58(24-11-9-12-25-58)28-15-29-59(26-13-10-14-27-59)53-38-50(56-22-18-42(3)32-46(56)7)35-51(39-53)57-23-19-43(4)33-47(57)8/h16-23,30-39H,9-15,24-29H2,1-8H3/q+2. The van der Waals surface area contributed by atoms with Crippen molar-refractivity contribution in [1.82, 2.24) is 0 Å². The summed E-state index contributed by atoms with van der Waals surface area (Å²) in [6, 6.07) is 44.0. The van der Waals surface area contributed by atoms with E-state index in [1.165, 1.54) is 171 Å². The number of hydrogen-bond donors (Lipinski definition) is 0. The van der Waals surface area contributed by atoms with Gasteiger partial charge in [0.2, 0.25) is 0 Å². The summed E-state index contributed by atoms with van der Waals surface area (Å²) in [5.41, 5.74) is 22.2. The molecule has 59 heavy (non-hydrogen) atoms. The summed E-state index contributed by atoms with van der Waals surface area (Å²) in [6.07, 6.45) is 18.2. The van der Waals surface area contributed by atoms with Crippen LogP contribution in [0.3, 0.4) is 0 Å². The third kappa shape index (κ3) is 8.98. The fraction of sp³-hybridized carbons (Fsp3) is 0.368. The van der Waals surface area contributed by atoms with E-state index in [4.69, 9.17) is 0 Å². The van der Waals surface area contributed by atoms with Crippen LogP contribution in [-0.4, -0.2) is 37.0 Å². The molecule has 2 heterocycles. The molecule has 0 saturated carbocycles. The Balaban J connectivity index is 1.20. The van der Waals surface area contributed by atoms with Crippen LogP contribution in [-0.2, 0) is 0 Å². The molecule has 2 fully saturated rings. The maximum Gasteiger partial charge on any atom is 0.0951 e. The highest BCUT2D eigenvalue weighted by Crippen LogP contribution is 2.66. The Morgan fingerprint density at radius 3 is 0.847 bits per heavy atom. The Hall–Kier alpha value is -3.82. The zero-order valence-electron chi connectivity index (χ0n) is 37.5. The molecular formula is C57H68P2+2. The molecule has 2 heteroatoms. The summed E-state index contributed by atoms with van der Waals surface area (Å²) in [7, 11) is -2.79. The average molecular weight is 815 g/mol. The summed E-state index contributed by atoms with van der Waals surface area (Å²) in [6.45, 7) is 18.1. The Labute approximate surface area is 359 Å². The van der Waals surface area contributed by atoms with Crippen molar-refractivity contribution in [3.63, 3.8) is 0 Å². The highest BCUT2D eigenvalue weighted by atomic mass is 31.2. The number of rotatable bonds is 10. The van der Waals surface area contributed by atoms with Gasteiger partial charge in [0.25, 0.3) is 0 Å². The van der Waals surface area contributed by atoms with Crippen LogP contribution in [0.4, 0.5) is 0 Å². The highest BCUT2D eigenvalue weighted by molar-refractivity contribution is 7.84. The topological polar surface area (TPSA) is 0 Å². The quantitative estimate of drug-likeness (QED) is 0.121. The largest absolute Gasteiger partial charge is 0.0951 e. The van der Waals surface area contributed by atoms with Crippen LogP contribution in [0.15, 0.2) is 109 Å². The summed E-state index contributed by atoms with van der Waals surface area (Å²) in [5.74, 6) is 0. The van der Waals surface area contributed by atoms with Crippen molar-refractivity contribution >= 4 is 25.1 Å². The summed E-state index contributed by atoms with van der Waals surface area (Å²) < 4.78 is 0. The van der Waals surface area contributed by atoms with Gasteiger partial charge in [-0.1, -0.05) is 95.1 Å². The van der Waals surface area contributed by atoms with E-state index in [2.05, 4.69) is 165 Å². The summed E-state index contributed by atoms with van der Waals surface area (Å²) in [5, 5.41) is 3.41. The third-order valence-electron chi connectivity index (χ3n) is 14.2. The van der Waals surface area contributed by atoms with Gasteiger partial charge in [-0.25, -0.2) is 0 Å². The predicted octanol–water partition coefficient (Wildman–Crippen LogP) is 15.6. The van der Waals surface area contributed by atoms with Crippen LogP contribution in [0.25, 0.3) is 44.5 Å². The van der Waals surface area contributed by atoms with Crippen molar-refractivity contribution < 1.29 is 0 Å². The first-order valence-corrected chi connectivity index (χ1v) is 27.4. The Bertz CT molecular complexity index is 2160. The van der Waals surface area contributed by atoms with E-state index >= 15 is 0 Å². The van der Waals surface area contributed by atoms with Crippen LogP contribution >= 0.6 is 14.5 Å². The summed E-state index contributed by atoms with van der Waals surface area (Å²) >= 11 is 0. The molecule has 0 amide bonds. The Morgan fingerprint density at radius 1 is 0.322 bits per heavy atom. The van der Waals surface area contributed by atoms with Gasteiger partial charge in [0.15, 0.2) is 0 Å². The molecule has 0 unspecified atom stereocenters. The molecule has 2 saturated heterocycles. The van der Waals surface area contributed by atoms with E-state index in [9.17, 15) is 0 Å². The predicted molar refractivity (Wildman–Crippen MR) is 267 cm³/mol. The van der Waals surface area contributed by atoms with E-state index in [1.54, 1.807) is 10.6 Å². The highest BCUT2D eigenvalue weighted by Gasteiger charge is 2.46. The van der Waals surface area contributed by atoms with Crippen LogP contribution < -0.4 is 10.6 Å². The fourth-order valence-electron chi connectivity index (χ4n) is 11.1. The lowest BCUT2D eigenvalue weighted by Crippen LogP contribution is -2.27. The molecule has 6 aromatic rings. The van der Waals surface area contributed by atoms with Crippen molar-refractivity contribution in [3.8, 4) is 44.5 Å². The second-order valence-electron chi connectivity index (χ2n) is 18.9. The molecular weight excluding hydrogens is 747 g/mol. The minimum absolute atomic E-state index is 1.34. The normalized spacial score (nSPS) is 16.3. The maximum atomic E-state index is 2.68. The molecule has 304 valence electrons. The van der Waals surface area contributed by atoms with E-state index < -0.39 is 14.5 Å². The lowest BCUT2D eigenvalue weighted by Gasteiger charge is -2.35. The lowest BCUT2D eigenvalue weighted by atomic mass is 9.93. The van der Waals surface area contributed by atoms with E-state index in [-0.39, 0.29) is 0 Å². The third-order valence-corrected chi connectivity index (χ3v) is 24.0. The molecule has 0 N–H and O–H groups in total. The van der Waals surface area contributed by atoms with Gasteiger partial charge in [-0.05, 0) is 197 Å². The van der Waals surface area contributed by atoms with Crippen LogP contribution in [0.2, 0.25) is 0 Å². The van der Waals surface area contributed by atoms with E-state index in [1.807, 2.05) is 0 Å². The minimum Gasteiger partial charge on any atom is -0.0587 e. The van der Waals surface area contributed by atoms with Gasteiger partial charge < -0.3 is 0 Å². The zero-order valence-corrected chi connectivity index (χ0v) is 39.3. The van der Waals surface area contributed by atoms with Crippen LogP contribution in [0.5, 0.6) is 0 Å². The number of hydrogen-bond acceptors (Lipinski definition) is 0. The second kappa shape index (κ2) is 17.6. The first kappa shape index (κ1) is 41.9. The molecule has 0 aliphatic carbocycles. The van der Waals surface area contributed by atoms with Crippen LogP contribution in [0.1, 0.15) is 89.5 Å². The monoisotopic (exact) mass is 814 g/mol. The SMILES string of the molecule is Cc1ccc(-c2cc(-c3ccc(C)cc3C)cc([P+]3(CCC[P+]4(c5cc(-c6ccc(C)cc6C)cc(-c6ccc(C)cc6C)c5)CCCCC4)CCCCC3)c2)c(C)c1. The van der Waals surface area contributed by atoms with Gasteiger partial charge >= 0.3 is 0 Å². The maximum absolute atomic E-state index is 2.68. The molecule has 8 rings (SSSR count). The van der Waals surface area contributed by atoms with Crippen LogP contribution in [0, 0.1) is 55.4 Å². The minimum atomic E-state index is -1.40. The van der Waals surface area contributed by atoms with Crippen molar-refractivity contribution in [1.29, 1.82) is 0 Å². The molecule has 2 aliphatic heterocycles. The van der Waals surface area contributed by atoms with Gasteiger partial charge in [0.1, 0.15) is 0 Å². The number of benzene rings is 6. The molecule has 0 spiro atoms. The lowest BCUT2D eigenvalue weighted by molar-refractivity contribution is 0.740. The zero-order chi connectivity index (χ0) is 41.3. The summed E-state index contributed by atoms with van der Waals surface area (Å²) in [4.78, 5) is 0. The van der Waals surface area contributed by atoms with Crippen molar-refractivity contribution in [2.45, 2.75) is 100 Å². The van der Waals surface area contributed by atoms with Gasteiger partial charge in [-0.15, -0.1) is 0 Å². The van der Waals surface area contributed by atoms with Gasteiger partial charge in [-0.2, -0.15) is 0 Å². The second-order valence-corrected chi connectivity index (χ2v) is 27.2. The smallest absolute Gasteiger partial charge is 0.0587 e. The van der Waals surface area contributed by atoms with Crippen molar-refractivity contribution in [2.24, 2.45) is 0 Å². The van der Waals surface area contributed by atoms with Gasteiger partial charge in [0.05, 0.1) is 47.6 Å². The molecule has 0 aromatic heterocycles. The molecule has 6 aromatic carbocycles. The van der Waals surface area contributed by atoms with Crippen molar-refractivity contribution in [2.75, 3.05) is 37.0 Å². The number of aryl methyl sites for hydroxylation is 8. The van der Waals surface area contributed by atoms with Gasteiger partial charge in [-0.3, -0.25) is 0 Å². The Kier molecular flexibility index (Phi) is 12.5. The first-order chi connectivity index (χ1) is 28.4. The van der Waals surface area contributed by atoms with E-state index in [0.717, 1.165) is 0 Å². The molecule has 0 radical (unpaired) electrons. The first-order valence-electron chi connectivity index (χ1n) is 22.8. The average Bonchev–Trinajstić information content (AvgIpc) is 3.21. The molecule has 0 nitrogen and oxygen atoms in total. The molecule has 0 bridgehead atoms. The van der Waals surface area contributed by atoms with E-state index in [0.29, 0.717) is 0 Å². The van der Waals surface area contributed by atoms with Crippen molar-refractivity contribution in [3.05, 3.63) is 154 Å². The molecule has 2 aliphatic rings. The Morgan fingerprint density at radius 2 is 0.593 bits per heavy atom.